The van der Waals surface area contributed by atoms with Gasteiger partial charge in [-0.3, -0.25) is 14.4 Å². The molecule has 0 spiro atoms. The first kappa shape index (κ1) is 17.2. The van der Waals surface area contributed by atoms with Crippen molar-refractivity contribution in [2.45, 2.75) is 25.4 Å². The van der Waals surface area contributed by atoms with Crippen molar-refractivity contribution in [3.63, 3.8) is 0 Å². The number of benzene rings is 1. The number of carbonyl (C=O) groups excluding carboxylic acids is 2. The highest BCUT2D eigenvalue weighted by atomic mass is 35.5. The fourth-order valence-electron chi connectivity index (χ4n) is 3.10. The average molecular weight is 361 g/mol. The molecule has 0 radical (unpaired) electrons. The molecule has 1 amide bonds. The average Bonchev–Trinajstić information content (AvgIpc) is 3.06. The van der Waals surface area contributed by atoms with Crippen LogP contribution in [0.1, 0.15) is 34.9 Å². The smallest absolute Gasteiger partial charge is 0.323 e. The van der Waals surface area contributed by atoms with Crippen LogP contribution in [0.5, 0.6) is 0 Å². The molecule has 1 unspecified atom stereocenters. The van der Waals surface area contributed by atoms with E-state index in [9.17, 15) is 19.5 Å². The topological polar surface area (TPSA) is 79.6 Å². The van der Waals surface area contributed by atoms with Gasteiger partial charge in [-0.1, -0.05) is 29.8 Å². The summed E-state index contributed by atoms with van der Waals surface area (Å²) >= 11 is 6.14. The van der Waals surface area contributed by atoms with Crippen molar-refractivity contribution >= 4 is 29.3 Å². The number of carbonyl (C=O) groups is 3. The lowest BCUT2D eigenvalue weighted by Crippen LogP contribution is -2.41. The highest BCUT2D eigenvalue weighted by molar-refractivity contribution is 6.31. The molecule has 1 aliphatic heterocycles. The van der Waals surface area contributed by atoms with Crippen LogP contribution in [0.2, 0.25) is 5.02 Å². The Labute approximate surface area is 149 Å². The number of halogens is 1. The summed E-state index contributed by atoms with van der Waals surface area (Å²) in [4.78, 5) is 37.4. The SMILES string of the molecule is O=C(O)CN(Cc1ccccc1Cl)C(=O)C1CCC(=O)c2cccn21. The molecule has 130 valence electrons. The summed E-state index contributed by atoms with van der Waals surface area (Å²) in [5.41, 5.74) is 1.16. The van der Waals surface area contributed by atoms with E-state index in [1.165, 1.54) is 4.90 Å². The fraction of sp³-hybridized carbons (Fsp3) is 0.278. The van der Waals surface area contributed by atoms with Gasteiger partial charge in [-0.05, 0) is 30.2 Å². The number of hydrogen-bond donors (Lipinski definition) is 1. The number of nitrogens with zero attached hydrogens (tertiary/aromatic N) is 2. The van der Waals surface area contributed by atoms with Gasteiger partial charge in [-0.2, -0.15) is 0 Å². The summed E-state index contributed by atoms with van der Waals surface area (Å²) in [5.74, 6) is -1.43. The predicted molar refractivity (Wildman–Crippen MR) is 91.5 cm³/mol. The Morgan fingerprint density at radius 3 is 2.72 bits per heavy atom. The third kappa shape index (κ3) is 3.58. The van der Waals surface area contributed by atoms with Crippen molar-refractivity contribution in [2.75, 3.05) is 6.54 Å². The minimum Gasteiger partial charge on any atom is -0.480 e. The van der Waals surface area contributed by atoms with Gasteiger partial charge in [-0.15, -0.1) is 0 Å². The number of aromatic nitrogens is 1. The maximum absolute atomic E-state index is 13.0. The van der Waals surface area contributed by atoms with Gasteiger partial charge in [0.2, 0.25) is 5.91 Å². The van der Waals surface area contributed by atoms with Crippen molar-refractivity contribution in [1.82, 2.24) is 9.47 Å². The number of amides is 1. The normalized spacial score (nSPS) is 16.4. The van der Waals surface area contributed by atoms with Crippen LogP contribution in [0.15, 0.2) is 42.6 Å². The van der Waals surface area contributed by atoms with E-state index in [0.29, 0.717) is 22.7 Å². The first-order valence-electron chi connectivity index (χ1n) is 7.91. The van der Waals surface area contributed by atoms with Gasteiger partial charge >= 0.3 is 5.97 Å². The van der Waals surface area contributed by atoms with Crippen molar-refractivity contribution in [3.8, 4) is 0 Å². The second-order valence-electron chi connectivity index (χ2n) is 5.96. The second-order valence-corrected chi connectivity index (χ2v) is 6.36. The zero-order chi connectivity index (χ0) is 18.0. The molecule has 2 aromatic rings. The van der Waals surface area contributed by atoms with Crippen LogP contribution in [-0.4, -0.2) is 38.8 Å². The van der Waals surface area contributed by atoms with E-state index < -0.39 is 18.6 Å². The van der Waals surface area contributed by atoms with E-state index in [2.05, 4.69) is 0 Å². The molecule has 0 fully saturated rings. The van der Waals surface area contributed by atoms with E-state index in [4.69, 9.17) is 11.6 Å². The molecule has 0 bridgehead atoms. The Kier molecular flexibility index (Phi) is 4.90. The van der Waals surface area contributed by atoms with Crippen LogP contribution < -0.4 is 0 Å². The molecule has 1 aromatic carbocycles. The molecule has 7 heteroatoms. The van der Waals surface area contributed by atoms with Crippen molar-refractivity contribution in [1.29, 1.82) is 0 Å². The lowest BCUT2D eigenvalue weighted by molar-refractivity contribution is -0.146. The monoisotopic (exact) mass is 360 g/mol. The van der Waals surface area contributed by atoms with Gasteiger partial charge in [-0.25, -0.2) is 0 Å². The number of ketones is 1. The molecular weight excluding hydrogens is 344 g/mol. The largest absolute Gasteiger partial charge is 0.480 e. The highest BCUT2D eigenvalue weighted by Crippen LogP contribution is 2.28. The highest BCUT2D eigenvalue weighted by Gasteiger charge is 2.33. The zero-order valence-corrected chi connectivity index (χ0v) is 14.1. The second kappa shape index (κ2) is 7.11. The quantitative estimate of drug-likeness (QED) is 0.889. The third-order valence-corrected chi connectivity index (χ3v) is 4.66. The molecular formula is C18H17ClN2O4. The molecule has 1 aliphatic rings. The van der Waals surface area contributed by atoms with Crippen LogP contribution in [0.25, 0.3) is 0 Å². The van der Waals surface area contributed by atoms with Gasteiger partial charge in [0.15, 0.2) is 5.78 Å². The first-order valence-corrected chi connectivity index (χ1v) is 8.29. The maximum Gasteiger partial charge on any atom is 0.323 e. The summed E-state index contributed by atoms with van der Waals surface area (Å²) in [6.07, 6.45) is 2.31. The molecule has 1 N–H and O–H groups in total. The lowest BCUT2D eigenvalue weighted by Gasteiger charge is -2.30. The van der Waals surface area contributed by atoms with E-state index in [1.54, 1.807) is 47.2 Å². The summed E-state index contributed by atoms with van der Waals surface area (Å²) in [5, 5.41) is 9.67. The Hall–Kier alpha value is -2.60. The third-order valence-electron chi connectivity index (χ3n) is 4.29. The molecule has 1 atom stereocenters. The molecule has 3 rings (SSSR count). The van der Waals surface area contributed by atoms with Crippen LogP contribution in [0, 0.1) is 0 Å². The summed E-state index contributed by atoms with van der Waals surface area (Å²) in [7, 11) is 0. The van der Waals surface area contributed by atoms with E-state index in [-0.39, 0.29) is 24.7 Å². The Balaban J connectivity index is 1.88. The summed E-state index contributed by atoms with van der Waals surface area (Å²) < 4.78 is 1.63. The summed E-state index contributed by atoms with van der Waals surface area (Å²) in [6, 6.07) is 9.83. The Bertz CT molecular complexity index is 830. The molecule has 0 saturated heterocycles. The lowest BCUT2D eigenvalue weighted by atomic mass is 10.0. The van der Waals surface area contributed by atoms with Crippen molar-refractivity contribution in [3.05, 3.63) is 58.9 Å². The minimum atomic E-state index is -1.10. The Morgan fingerprint density at radius 2 is 2.00 bits per heavy atom. The van der Waals surface area contributed by atoms with E-state index in [0.717, 1.165) is 0 Å². The molecule has 0 aliphatic carbocycles. The van der Waals surface area contributed by atoms with E-state index in [1.807, 2.05) is 0 Å². The van der Waals surface area contributed by atoms with Crippen molar-refractivity contribution in [2.24, 2.45) is 0 Å². The molecule has 2 heterocycles. The zero-order valence-electron chi connectivity index (χ0n) is 13.4. The number of aliphatic carboxylic acids is 1. The standard InChI is InChI=1S/C18H17ClN2O4/c19-13-5-2-1-4-12(13)10-20(11-17(23)24)18(25)15-7-8-16(22)14-6-3-9-21(14)15/h1-6,9,15H,7-8,10-11H2,(H,23,24). The minimum absolute atomic E-state index is 0.00932. The van der Waals surface area contributed by atoms with Crippen LogP contribution in [-0.2, 0) is 16.1 Å². The first-order chi connectivity index (χ1) is 12.0. The molecule has 25 heavy (non-hydrogen) atoms. The number of fused-ring (bicyclic) bond motifs is 1. The number of carboxylic acids is 1. The number of rotatable bonds is 5. The van der Waals surface area contributed by atoms with Crippen LogP contribution in [0.3, 0.4) is 0 Å². The summed E-state index contributed by atoms with van der Waals surface area (Å²) in [6.45, 7) is -0.322. The Morgan fingerprint density at radius 1 is 1.24 bits per heavy atom. The number of carboxylic acid groups (broad SMARTS) is 1. The number of Topliss-reactive ketones (excluding diaryl/α,β-unsaturated/α-hetero) is 1. The van der Waals surface area contributed by atoms with Crippen LogP contribution >= 0.6 is 11.6 Å². The molecule has 1 aromatic heterocycles. The van der Waals surface area contributed by atoms with Gasteiger partial charge in [0.05, 0.1) is 5.69 Å². The molecule has 6 nitrogen and oxygen atoms in total. The van der Waals surface area contributed by atoms with E-state index >= 15 is 0 Å². The van der Waals surface area contributed by atoms with Gasteiger partial charge in [0.25, 0.3) is 0 Å². The number of hydrogen-bond acceptors (Lipinski definition) is 3. The predicted octanol–water partition coefficient (Wildman–Crippen LogP) is 2.77. The van der Waals surface area contributed by atoms with Gasteiger partial charge in [0.1, 0.15) is 12.6 Å². The fourth-order valence-corrected chi connectivity index (χ4v) is 3.29. The van der Waals surface area contributed by atoms with Crippen molar-refractivity contribution < 1.29 is 19.5 Å². The van der Waals surface area contributed by atoms with Gasteiger partial charge in [0, 0.05) is 24.2 Å². The maximum atomic E-state index is 13.0. The molecule has 0 saturated carbocycles. The van der Waals surface area contributed by atoms with Gasteiger partial charge < -0.3 is 14.6 Å². The van der Waals surface area contributed by atoms with Crippen LogP contribution in [0.4, 0.5) is 0 Å².